The summed E-state index contributed by atoms with van der Waals surface area (Å²) in [6.45, 7) is 13.4. The van der Waals surface area contributed by atoms with E-state index in [1.807, 2.05) is 25.8 Å². The highest BCUT2D eigenvalue weighted by Gasteiger charge is 2.33. The van der Waals surface area contributed by atoms with E-state index in [0.717, 1.165) is 25.0 Å². The maximum absolute atomic E-state index is 12.2. The molecule has 0 radical (unpaired) electrons. The minimum absolute atomic E-state index is 0.192. The summed E-state index contributed by atoms with van der Waals surface area (Å²) in [5, 5.41) is 6.49. The number of nitrogens with zero attached hydrogens (tertiary/aromatic N) is 4. The van der Waals surface area contributed by atoms with Crippen molar-refractivity contribution in [2.24, 2.45) is 21.7 Å². The van der Waals surface area contributed by atoms with Crippen LogP contribution in [-0.4, -0.2) is 52.9 Å². The van der Waals surface area contributed by atoms with E-state index in [1.165, 1.54) is 11.9 Å². The molecular weight excluding hydrogens is 330 g/mol. The van der Waals surface area contributed by atoms with Gasteiger partial charge in [-0.15, -0.1) is 0 Å². The zero-order valence-electron chi connectivity index (χ0n) is 17.0. The molecule has 1 saturated heterocycles. The highest BCUT2D eigenvalue weighted by atomic mass is 16.6. The number of hydrogen-bond donors (Lipinski definition) is 1. The van der Waals surface area contributed by atoms with Crippen molar-refractivity contribution in [3.63, 3.8) is 0 Å². The second-order valence-electron chi connectivity index (χ2n) is 8.12. The Morgan fingerprint density at radius 1 is 1.38 bits per heavy atom. The molecule has 0 saturated carbocycles. The monoisotopic (exact) mass is 363 g/mol. The average Bonchev–Trinajstić information content (AvgIpc) is 2.59. The first-order valence-corrected chi connectivity index (χ1v) is 9.47. The van der Waals surface area contributed by atoms with Gasteiger partial charge < -0.3 is 15.4 Å². The van der Waals surface area contributed by atoms with E-state index in [4.69, 9.17) is 10.5 Å². The first-order valence-electron chi connectivity index (χ1n) is 9.47. The molecule has 2 heterocycles. The molecule has 0 aromatic heterocycles. The minimum Gasteiger partial charge on any atom is -0.444 e. The summed E-state index contributed by atoms with van der Waals surface area (Å²) in [6.07, 6.45) is 4.04. The SMILES string of the molecule is CC/C(C)=C1/C(N)=NC=NN1C(C)C1CCN(C(=O)OC(C)(C)C)CC1. The molecule has 2 N–H and O–H groups in total. The van der Waals surface area contributed by atoms with Crippen LogP contribution in [0.25, 0.3) is 0 Å². The minimum atomic E-state index is -0.460. The van der Waals surface area contributed by atoms with Crippen molar-refractivity contribution in [2.75, 3.05) is 13.1 Å². The van der Waals surface area contributed by atoms with Crippen molar-refractivity contribution in [1.29, 1.82) is 0 Å². The Hall–Kier alpha value is -2.05. The van der Waals surface area contributed by atoms with Crippen LogP contribution in [0.1, 0.15) is 60.8 Å². The number of amidine groups is 1. The highest BCUT2D eigenvalue weighted by molar-refractivity contribution is 6.02. The van der Waals surface area contributed by atoms with Crippen LogP contribution in [0.5, 0.6) is 0 Å². The molecule has 7 heteroatoms. The van der Waals surface area contributed by atoms with E-state index < -0.39 is 5.60 Å². The number of carbonyl (C=O) groups excluding carboxylic acids is 1. The molecule has 0 spiro atoms. The van der Waals surface area contributed by atoms with Gasteiger partial charge in [0, 0.05) is 13.1 Å². The van der Waals surface area contributed by atoms with Gasteiger partial charge in [-0.25, -0.2) is 9.79 Å². The summed E-state index contributed by atoms with van der Waals surface area (Å²) < 4.78 is 5.48. The number of amides is 1. The van der Waals surface area contributed by atoms with Crippen LogP contribution in [0.15, 0.2) is 21.4 Å². The number of hydrazone groups is 1. The molecular formula is C19H33N5O2. The van der Waals surface area contributed by atoms with Gasteiger partial charge in [0.2, 0.25) is 0 Å². The summed E-state index contributed by atoms with van der Waals surface area (Å²) in [5.74, 6) is 0.953. The first-order chi connectivity index (χ1) is 12.1. The number of hydrogen-bond acceptors (Lipinski definition) is 6. The standard InChI is InChI=1S/C19H33N5O2/c1-7-13(2)16-17(20)21-12-22-24(16)14(3)15-8-10-23(11-9-15)18(25)26-19(4,5)6/h12,14-15H,7-11H2,1-6H3,(H2,20,21,22)/b16-13-. The number of ether oxygens (including phenoxy) is 1. The fourth-order valence-electron chi connectivity index (χ4n) is 3.36. The van der Waals surface area contributed by atoms with Gasteiger partial charge in [0.1, 0.15) is 17.6 Å². The van der Waals surface area contributed by atoms with E-state index in [-0.39, 0.29) is 12.1 Å². The Kier molecular flexibility index (Phi) is 6.31. The summed E-state index contributed by atoms with van der Waals surface area (Å²) in [6, 6.07) is 0.192. The fraction of sp³-hybridized carbons (Fsp3) is 0.737. The Bertz CT molecular complexity index is 610. The molecule has 1 unspecified atom stereocenters. The van der Waals surface area contributed by atoms with E-state index >= 15 is 0 Å². The largest absolute Gasteiger partial charge is 0.444 e. The predicted octanol–water partition coefficient (Wildman–Crippen LogP) is 3.32. The van der Waals surface area contributed by atoms with Crippen molar-refractivity contribution in [3.8, 4) is 0 Å². The van der Waals surface area contributed by atoms with Gasteiger partial charge in [-0.3, -0.25) is 5.01 Å². The van der Waals surface area contributed by atoms with Crippen LogP contribution in [0, 0.1) is 5.92 Å². The molecule has 0 aromatic carbocycles. The lowest BCUT2D eigenvalue weighted by Crippen LogP contribution is -2.47. The number of rotatable bonds is 3. The zero-order valence-corrected chi connectivity index (χ0v) is 17.0. The Balaban J connectivity index is 2.02. The van der Waals surface area contributed by atoms with Crippen molar-refractivity contribution in [2.45, 2.75) is 72.4 Å². The summed E-state index contributed by atoms with van der Waals surface area (Å²) >= 11 is 0. The average molecular weight is 364 g/mol. The highest BCUT2D eigenvalue weighted by Crippen LogP contribution is 2.29. The molecule has 0 aliphatic carbocycles. The Morgan fingerprint density at radius 2 is 2.00 bits per heavy atom. The van der Waals surface area contributed by atoms with Crippen LogP contribution < -0.4 is 5.73 Å². The fourth-order valence-corrected chi connectivity index (χ4v) is 3.36. The molecule has 1 atom stereocenters. The van der Waals surface area contributed by atoms with Gasteiger partial charge in [0.25, 0.3) is 0 Å². The maximum atomic E-state index is 12.2. The number of carbonyl (C=O) groups is 1. The van der Waals surface area contributed by atoms with Crippen LogP contribution in [-0.2, 0) is 4.74 Å². The number of piperidine rings is 1. The van der Waals surface area contributed by atoms with Crippen molar-refractivity contribution in [1.82, 2.24) is 9.91 Å². The molecule has 0 bridgehead atoms. The molecule has 1 fully saturated rings. The van der Waals surface area contributed by atoms with E-state index in [0.29, 0.717) is 24.8 Å². The van der Waals surface area contributed by atoms with Crippen molar-refractivity contribution in [3.05, 3.63) is 11.3 Å². The van der Waals surface area contributed by atoms with E-state index in [2.05, 4.69) is 30.9 Å². The van der Waals surface area contributed by atoms with Crippen molar-refractivity contribution >= 4 is 18.3 Å². The quantitative estimate of drug-likeness (QED) is 0.834. The van der Waals surface area contributed by atoms with Crippen LogP contribution in [0.3, 0.4) is 0 Å². The zero-order chi connectivity index (χ0) is 19.5. The number of aliphatic imine (C=N–C) groups is 1. The van der Waals surface area contributed by atoms with Crippen LogP contribution >= 0.6 is 0 Å². The number of likely N-dealkylation sites (tertiary alicyclic amines) is 1. The first kappa shape index (κ1) is 20.3. The van der Waals surface area contributed by atoms with Gasteiger partial charge in [0.05, 0.1) is 6.04 Å². The lowest BCUT2D eigenvalue weighted by atomic mass is 9.89. The third-order valence-electron chi connectivity index (χ3n) is 5.04. The number of allylic oxidation sites excluding steroid dienone is 1. The molecule has 2 rings (SSSR count). The smallest absolute Gasteiger partial charge is 0.410 e. The lowest BCUT2D eigenvalue weighted by Gasteiger charge is -2.40. The topological polar surface area (TPSA) is 83.5 Å². The van der Waals surface area contributed by atoms with Gasteiger partial charge in [-0.05, 0) is 65.4 Å². The molecule has 146 valence electrons. The van der Waals surface area contributed by atoms with Gasteiger partial charge in [0.15, 0.2) is 5.84 Å². The van der Waals surface area contributed by atoms with E-state index in [9.17, 15) is 4.79 Å². The maximum Gasteiger partial charge on any atom is 0.410 e. The van der Waals surface area contributed by atoms with Gasteiger partial charge in [-0.2, -0.15) is 5.10 Å². The summed E-state index contributed by atoms with van der Waals surface area (Å²) in [7, 11) is 0. The normalized spacial score (nSPS) is 22.2. The molecule has 7 nitrogen and oxygen atoms in total. The summed E-state index contributed by atoms with van der Waals surface area (Å²) in [5.41, 5.74) is 7.77. The van der Waals surface area contributed by atoms with E-state index in [1.54, 1.807) is 4.90 Å². The van der Waals surface area contributed by atoms with Crippen LogP contribution in [0.4, 0.5) is 4.79 Å². The molecule has 2 aliphatic heterocycles. The second kappa shape index (κ2) is 8.10. The Labute approximate surface area is 157 Å². The number of nitrogens with two attached hydrogens (primary N) is 1. The predicted molar refractivity (Wildman–Crippen MR) is 105 cm³/mol. The molecule has 1 amide bonds. The third-order valence-corrected chi connectivity index (χ3v) is 5.04. The lowest BCUT2D eigenvalue weighted by molar-refractivity contribution is 0.0149. The molecule has 2 aliphatic rings. The molecule has 26 heavy (non-hydrogen) atoms. The van der Waals surface area contributed by atoms with Gasteiger partial charge >= 0.3 is 6.09 Å². The van der Waals surface area contributed by atoms with Gasteiger partial charge in [-0.1, -0.05) is 6.92 Å². The van der Waals surface area contributed by atoms with Crippen molar-refractivity contribution < 1.29 is 9.53 Å². The third kappa shape index (κ3) is 4.77. The van der Waals surface area contributed by atoms with Crippen LogP contribution in [0.2, 0.25) is 0 Å². The second-order valence-corrected chi connectivity index (χ2v) is 8.12. The molecule has 0 aromatic rings. The Morgan fingerprint density at radius 3 is 2.54 bits per heavy atom. The summed E-state index contributed by atoms with van der Waals surface area (Å²) in [4.78, 5) is 18.2.